The standard InChI is InChI=1S/C12H16O2S/c1-3-11(13)10-6-4-5-7-12(10)15-9-8-14-2/h4-7H,3,8-9H2,1-2H3. The zero-order chi connectivity index (χ0) is 11.1. The van der Waals surface area contributed by atoms with Crippen molar-refractivity contribution in [2.45, 2.75) is 18.2 Å². The maximum atomic E-state index is 11.6. The van der Waals surface area contributed by atoms with Crippen LogP contribution in [0.15, 0.2) is 29.2 Å². The predicted octanol–water partition coefficient (Wildman–Crippen LogP) is 3.02. The van der Waals surface area contributed by atoms with Crippen LogP contribution in [0.1, 0.15) is 23.7 Å². The number of thioether (sulfide) groups is 1. The Morgan fingerprint density at radius 1 is 1.40 bits per heavy atom. The van der Waals surface area contributed by atoms with Gasteiger partial charge in [-0.3, -0.25) is 4.79 Å². The monoisotopic (exact) mass is 224 g/mol. The quantitative estimate of drug-likeness (QED) is 0.422. The van der Waals surface area contributed by atoms with E-state index in [4.69, 9.17) is 4.74 Å². The first-order valence-electron chi connectivity index (χ1n) is 5.03. The summed E-state index contributed by atoms with van der Waals surface area (Å²) in [6.45, 7) is 2.60. The zero-order valence-corrected chi connectivity index (χ0v) is 9.97. The number of carbonyl (C=O) groups excluding carboxylic acids is 1. The van der Waals surface area contributed by atoms with Crippen molar-refractivity contribution < 1.29 is 9.53 Å². The van der Waals surface area contributed by atoms with Crippen molar-refractivity contribution in [2.24, 2.45) is 0 Å². The second kappa shape index (κ2) is 6.64. The summed E-state index contributed by atoms with van der Waals surface area (Å²) in [6, 6.07) is 7.75. The number of carbonyl (C=O) groups is 1. The van der Waals surface area contributed by atoms with E-state index in [1.807, 2.05) is 31.2 Å². The van der Waals surface area contributed by atoms with Gasteiger partial charge in [0.2, 0.25) is 0 Å². The summed E-state index contributed by atoms with van der Waals surface area (Å²) < 4.78 is 4.98. The van der Waals surface area contributed by atoms with Crippen LogP contribution >= 0.6 is 11.8 Å². The van der Waals surface area contributed by atoms with Crippen molar-refractivity contribution in [1.29, 1.82) is 0 Å². The van der Waals surface area contributed by atoms with Gasteiger partial charge in [-0.2, -0.15) is 0 Å². The average molecular weight is 224 g/mol. The number of ketones is 1. The van der Waals surface area contributed by atoms with Crippen LogP contribution in [-0.4, -0.2) is 25.3 Å². The normalized spacial score (nSPS) is 10.3. The first-order valence-corrected chi connectivity index (χ1v) is 6.02. The number of hydrogen-bond acceptors (Lipinski definition) is 3. The van der Waals surface area contributed by atoms with Crippen molar-refractivity contribution in [3.05, 3.63) is 29.8 Å². The fraction of sp³-hybridized carbons (Fsp3) is 0.417. The lowest BCUT2D eigenvalue weighted by Crippen LogP contribution is -2.00. The Kier molecular flexibility index (Phi) is 5.43. The van der Waals surface area contributed by atoms with Gasteiger partial charge in [0.1, 0.15) is 0 Å². The lowest BCUT2D eigenvalue weighted by Gasteiger charge is -2.06. The molecule has 0 saturated carbocycles. The lowest BCUT2D eigenvalue weighted by molar-refractivity contribution is 0.0985. The summed E-state index contributed by atoms with van der Waals surface area (Å²) in [7, 11) is 1.68. The summed E-state index contributed by atoms with van der Waals surface area (Å²) in [5.74, 6) is 1.08. The molecule has 0 fully saturated rings. The van der Waals surface area contributed by atoms with Crippen molar-refractivity contribution in [3.8, 4) is 0 Å². The van der Waals surface area contributed by atoms with Gasteiger partial charge in [-0.1, -0.05) is 25.1 Å². The summed E-state index contributed by atoms with van der Waals surface area (Å²) >= 11 is 1.67. The Bertz CT molecular complexity index is 323. The van der Waals surface area contributed by atoms with Crippen LogP contribution in [0.3, 0.4) is 0 Å². The average Bonchev–Trinajstić information content (AvgIpc) is 2.29. The number of methoxy groups -OCH3 is 1. The Balaban J connectivity index is 2.73. The van der Waals surface area contributed by atoms with Crippen LogP contribution in [-0.2, 0) is 4.74 Å². The van der Waals surface area contributed by atoms with Crippen LogP contribution in [0.25, 0.3) is 0 Å². The number of Topliss-reactive ketones (excluding diaryl/α,β-unsaturated/α-hetero) is 1. The molecule has 1 aromatic carbocycles. The number of hydrogen-bond donors (Lipinski definition) is 0. The minimum Gasteiger partial charge on any atom is -0.384 e. The molecule has 3 heteroatoms. The molecule has 15 heavy (non-hydrogen) atoms. The molecule has 0 heterocycles. The molecule has 82 valence electrons. The topological polar surface area (TPSA) is 26.3 Å². The predicted molar refractivity (Wildman–Crippen MR) is 63.7 cm³/mol. The number of benzene rings is 1. The zero-order valence-electron chi connectivity index (χ0n) is 9.16. The highest BCUT2D eigenvalue weighted by Gasteiger charge is 2.08. The van der Waals surface area contributed by atoms with E-state index in [9.17, 15) is 4.79 Å². The molecule has 0 radical (unpaired) electrons. The van der Waals surface area contributed by atoms with E-state index in [1.54, 1.807) is 18.9 Å². The van der Waals surface area contributed by atoms with Gasteiger partial charge in [-0.25, -0.2) is 0 Å². The minimum atomic E-state index is 0.204. The number of ether oxygens (including phenoxy) is 1. The molecule has 0 atom stereocenters. The Morgan fingerprint density at radius 2 is 2.13 bits per heavy atom. The number of rotatable bonds is 6. The van der Waals surface area contributed by atoms with Gasteiger partial charge in [0.15, 0.2) is 5.78 Å². The van der Waals surface area contributed by atoms with Crippen molar-refractivity contribution in [1.82, 2.24) is 0 Å². The van der Waals surface area contributed by atoms with E-state index < -0.39 is 0 Å². The molecule has 0 amide bonds. The second-order valence-electron chi connectivity index (χ2n) is 3.11. The van der Waals surface area contributed by atoms with E-state index in [2.05, 4.69) is 0 Å². The largest absolute Gasteiger partial charge is 0.384 e. The van der Waals surface area contributed by atoms with Crippen LogP contribution in [0.4, 0.5) is 0 Å². The molecule has 0 N–H and O–H groups in total. The van der Waals surface area contributed by atoms with E-state index >= 15 is 0 Å². The molecule has 0 unspecified atom stereocenters. The fourth-order valence-electron chi connectivity index (χ4n) is 1.25. The van der Waals surface area contributed by atoms with Crippen molar-refractivity contribution in [3.63, 3.8) is 0 Å². The first kappa shape index (κ1) is 12.3. The molecule has 1 rings (SSSR count). The Hall–Kier alpha value is -0.800. The molecule has 0 aromatic heterocycles. The molecule has 0 bridgehead atoms. The van der Waals surface area contributed by atoms with E-state index in [1.165, 1.54) is 0 Å². The van der Waals surface area contributed by atoms with Crippen molar-refractivity contribution in [2.75, 3.05) is 19.5 Å². The van der Waals surface area contributed by atoms with E-state index in [0.29, 0.717) is 13.0 Å². The lowest BCUT2D eigenvalue weighted by atomic mass is 10.1. The third-order valence-electron chi connectivity index (χ3n) is 2.05. The molecule has 0 spiro atoms. The van der Waals surface area contributed by atoms with Gasteiger partial charge in [-0.15, -0.1) is 11.8 Å². The van der Waals surface area contributed by atoms with Gasteiger partial charge in [0, 0.05) is 29.7 Å². The first-order chi connectivity index (χ1) is 7.29. The maximum Gasteiger partial charge on any atom is 0.163 e. The van der Waals surface area contributed by atoms with Gasteiger partial charge >= 0.3 is 0 Å². The molecular formula is C12H16O2S. The molecule has 0 aliphatic rings. The van der Waals surface area contributed by atoms with E-state index in [-0.39, 0.29) is 5.78 Å². The summed E-state index contributed by atoms with van der Waals surface area (Å²) in [6.07, 6.45) is 0.557. The third-order valence-corrected chi connectivity index (χ3v) is 3.09. The minimum absolute atomic E-state index is 0.204. The smallest absolute Gasteiger partial charge is 0.163 e. The van der Waals surface area contributed by atoms with Crippen molar-refractivity contribution >= 4 is 17.5 Å². The highest BCUT2D eigenvalue weighted by molar-refractivity contribution is 7.99. The Morgan fingerprint density at radius 3 is 2.80 bits per heavy atom. The molecule has 0 aliphatic carbocycles. The SMILES string of the molecule is CCC(=O)c1ccccc1SCCOC. The molecule has 0 aliphatic heterocycles. The van der Waals surface area contributed by atoms with E-state index in [0.717, 1.165) is 16.2 Å². The van der Waals surface area contributed by atoms with Crippen LogP contribution in [0.5, 0.6) is 0 Å². The van der Waals surface area contributed by atoms with Gasteiger partial charge in [-0.05, 0) is 6.07 Å². The summed E-state index contributed by atoms with van der Waals surface area (Å²) in [4.78, 5) is 12.7. The van der Waals surface area contributed by atoms with Crippen LogP contribution < -0.4 is 0 Å². The Labute approximate surface area is 95.0 Å². The summed E-state index contributed by atoms with van der Waals surface area (Å²) in [5.41, 5.74) is 0.834. The third kappa shape index (κ3) is 3.68. The summed E-state index contributed by atoms with van der Waals surface area (Å²) in [5, 5.41) is 0. The fourth-order valence-corrected chi connectivity index (χ4v) is 2.23. The highest BCUT2D eigenvalue weighted by Crippen LogP contribution is 2.23. The molecular weight excluding hydrogens is 208 g/mol. The van der Waals surface area contributed by atoms with Gasteiger partial charge in [0.25, 0.3) is 0 Å². The molecule has 0 saturated heterocycles. The molecule has 1 aromatic rings. The molecule has 2 nitrogen and oxygen atoms in total. The van der Waals surface area contributed by atoms with Crippen LogP contribution in [0.2, 0.25) is 0 Å². The van der Waals surface area contributed by atoms with Gasteiger partial charge < -0.3 is 4.74 Å². The van der Waals surface area contributed by atoms with Gasteiger partial charge in [0.05, 0.1) is 6.61 Å². The maximum absolute atomic E-state index is 11.6. The highest BCUT2D eigenvalue weighted by atomic mass is 32.2. The second-order valence-corrected chi connectivity index (χ2v) is 4.25. The van der Waals surface area contributed by atoms with Crippen LogP contribution in [0, 0.1) is 0 Å².